The Morgan fingerprint density at radius 1 is 1.18 bits per heavy atom. The van der Waals surface area contributed by atoms with Gasteiger partial charge in [-0.25, -0.2) is 4.39 Å². The predicted octanol–water partition coefficient (Wildman–Crippen LogP) is 2.93. The predicted molar refractivity (Wildman–Crippen MR) is 64.4 cm³/mol. The van der Waals surface area contributed by atoms with Crippen molar-refractivity contribution in [2.45, 2.75) is 4.83 Å². The quantitative estimate of drug-likeness (QED) is 0.646. The SMILES string of the molecule is O=C(c1ccc(F)cc1)C(Br)c1ccnnc1. The molecule has 0 spiro atoms. The van der Waals surface area contributed by atoms with Crippen LogP contribution < -0.4 is 0 Å². The first-order valence-electron chi connectivity index (χ1n) is 4.89. The lowest BCUT2D eigenvalue weighted by atomic mass is 10.0. The summed E-state index contributed by atoms with van der Waals surface area (Å²) in [5.41, 5.74) is 1.17. The third-order valence-corrected chi connectivity index (χ3v) is 3.20. The number of alkyl halides is 1. The minimum absolute atomic E-state index is 0.141. The number of rotatable bonds is 3. The van der Waals surface area contributed by atoms with Crippen molar-refractivity contribution in [2.75, 3.05) is 0 Å². The topological polar surface area (TPSA) is 42.9 Å². The Morgan fingerprint density at radius 3 is 2.47 bits per heavy atom. The van der Waals surface area contributed by atoms with E-state index in [1.165, 1.54) is 36.7 Å². The molecule has 1 aromatic heterocycles. The highest BCUT2D eigenvalue weighted by Crippen LogP contribution is 2.26. The number of Topliss-reactive ketones (excluding diaryl/α,β-unsaturated/α-hetero) is 1. The number of aromatic nitrogens is 2. The number of ketones is 1. The van der Waals surface area contributed by atoms with E-state index in [1.54, 1.807) is 6.07 Å². The second-order valence-corrected chi connectivity index (χ2v) is 4.33. The summed E-state index contributed by atoms with van der Waals surface area (Å²) in [6.45, 7) is 0. The molecule has 3 nitrogen and oxygen atoms in total. The largest absolute Gasteiger partial charge is 0.293 e. The van der Waals surface area contributed by atoms with Crippen molar-refractivity contribution in [3.63, 3.8) is 0 Å². The van der Waals surface area contributed by atoms with Crippen LogP contribution in [0.15, 0.2) is 42.7 Å². The van der Waals surface area contributed by atoms with Crippen LogP contribution in [0.1, 0.15) is 20.7 Å². The molecule has 0 aliphatic heterocycles. The van der Waals surface area contributed by atoms with Gasteiger partial charge in [0.1, 0.15) is 10.6 Å². The van der Waals surface area contributed by atoms with Gasteiger partial charge in [0.25, 0.3) is 0 Å². The summed E-state index contributed by atoms with van der Waals surface area (Å²) in [5, 5.41) is 7.34. The lowest BCUT2D eigenvalue weighted by Crippen LogP contribution is -2.07. The van der Waals surface area contributed by atoms with Crippen LogP contribution in [0.5, 0.6) is 0 Å². The van der Waals surface area contributed by atoms with E-state index in [-0.39, 0.29) is 11.6 Å². The van der Waals surface area contributed by atoms with Crippen molar-refractivity contribution in [1.29, 1.82) is 0 Å². The fourth-order valence-corrected chi connectivity index (χ4v) is 1.90. The Labute approximate surface area is 106 Å². The number of hydrogen-bond donors (Lipinski definition) is 0. The highest BCUT2D eigenvalue weighted by atomic mass is 79.9. The van der Waals surface area contributed by atoms with E-state index < -0.39 is 4.83 Å². The van der Waals surface area contributed by atoms with Crippen molar-refractivity contribution < 1.29 is 9.18 Å². The Balaban J connectivity index is 2.23. The highest BCUT2D eigenvalue weighted by molar-refractivity contribution is 9.09. The Hall–Kier alpha value is -1.62. The average Bonchev–Trinajstić information content (AvgIpc) is 2.39. The van der Waals surface area contributed by atoms with E-state index in [2.05, 4.69) is 26.1 Å². The minimum Gasteiger partial charge on any atom is -0.293 e. The van der Waals surface area contributed by atoms with Crippen LogP contribution in [0, 0.1) is 5.82 Å². The number of benzene rings is 1. The molecule has 0 saturated carbocycles. The zero-order chi connectivity index (χ0) is 12.3. The molecule has 2 aromatic rings. The summed E-state index contributed by atoms with van der Waals surface area (Å²) in [6, 6.07) is 7.14. The molecule has 0 aliphatic rings. The van der Waals surface area contributed by atoms with Crippen LogP contribution in [0.3, 0.4) is 0 Å². The molecule has 0 radical (unpaired) electrons. The summed E-state index contributed by atoms with van der Waals surface area (Å²) in [6.07, 6.45) is 3.03. The van der Waals surface area contributed by atoms with Gasteiger partial charge < -0.3 is 0 Å². The number of nitrogens with zero attached hydrogens (tertiary/aromatic N) is 2. The van der Waals surface area contributed by atoms with Gasteiger partial charge in [0.15, 0.2) is 5.78 Å². The minimum atomic E-state index is -0.497. The number of halogens is 2. The zero-order valence-electron chi connectivity index (χ0n) is 8.68. The summed E-state index contributed by atoms with van der Waals surface area (Å²) in [4.78, 5) is 11.5. The molecule has 1 unspecified atom stereocenters. The van der Waals surface area contributed by atoms with Crippen LogP contribution in [0.2, 0.25) is 0 Å². The summed E-state index contributed by atoms with van der Waals surface area (Å²) >= 11 is 3.30. The van der Waals surface area contributed by atoms with Crippen molar-refractivity contribution in [3.8, 4) is 0 Å². The Kier molecular flexibility index (Phi) is 3.58. The molecular formula is C12H8BrFN2O. The molecule has 0 N–H and O–H groups in total. The molecule has 17 heavy (non-hydrogen) atoms. The summed E-state index contributed by atoms with van der Waals surface area (Å²) in [5.74, 6) is -0.503. The zero-order valence-corrected chi connectivity index (χ0v) is 10.3. The van der Waals surface area contributed by atoms with E-state index in [0.29, 0.717) is 11.1 Å². The maximum atomic E-state index is 12.7. The Bertz CT molecular complexity index is 516. The molecule has 86 valence electrons. The van der Waals surface area contributed by atoms with E-state index in [0.717, 1.165) is 0 Å². The van der Waals surface area contributed by atoms with Crippen molar-refractivity contribution in [3.05, 3.63) is 59.7 Å². The van der Waals surface area contributed by atoms with Crippen LogP contribution in [0.25, 0.3) is 0 Å². The fraction of sp³-hybridized carbons (Fsp3) is 0.0833. The van der Waals surface area contributed by atoms with Crippen LogP contribution >= 0.6 is 15.9 Å². The number of carbonyl (C=O) groups excluding carboxylic acids is 1. The molecule has 5 heteroatoms. The molecular weight excluding hydrogens is 287 g/mol. The summed E-state index contributed by atoms with van der Waals surface area (Å²) < 4.78 is 12.7. The summed E-state index contributed by atoms with van der Waals surface area (Å²) in [7, 11) is 0. The van der Waals surface area contributed by atoms with Crippen LogP contribution in [-0.2, 0) is 0 Å². The highest BCUT2D eigenvalue weighted by Gasteiger charge is 2.19. The first-order valence-corrected chi connectivity index (χ1v) is 5.80. The lowest BCUT2D eigenvalue weighted by molar-refractivity contribution is 0.0991. The molecule has 0 bridgehead atoms. The molecule has 1 atom stereocenters. The van der Waals surface area contributed by atoms with Gasteiger partial charge >= 0.3 is 0 Å². The standard InChI is InChI=1S/C12H8BrFN2O/c13-11(9-5-6-15-16-7-9)12(17)8-1-3-10(14)4-2-8/h1-7,11H. The second-order valence-electron chi connectivity index (χ2n) is 3.41. The molecule has 0 amide bonds. The monoisotopic (exact) mass is 294 g/mol. The van der Waals surface area contributed by atoms with Gasteiger partial charge in [0.2, 0.25) is 0 Å². The lowest BCUT2D eigenvalue weighted by Gasteiger charge is -2.08. The van der Waals surface area contributed by atoms with Gasteiger partial charge in [0, 0.05) is 11.8 Å². The molecule has 2 rings (SSSR count). The van der Waals surface area contributed by atoms with Gasteiger partial charge in [-0.1, -0.05) is 15.9 Å². The van der Waals surface area contributed by atoms with E-state index in [9.17, 15) is 9.18 Å². The number of hydrogen-bond acceptors (Lipinski definition) is 3. The van der Waals surface area contributed by atoms with Gasteiger partial charge in [-0.2, -0.15) is 10.2 Å². The van der Waals surface area contributed by atoms with Gasteiger partial charge in [-0.05, 0) is 35.9 Å². The first-order chi connectivity index (χ1) is 8.18. The van der Waals surface area contributed by atoms with Crippen molar-refractivity contribution in [2.24, 2.45) is 0 Å². The second kappa shape index (κ2) is 5.14. The van der Waals surface area contributed by atoms with Crippen molar-refractivity contribution >= 4 is 21.7 Å². The molecule has 1 heterocycles. The third kappa shape index (κ3) is 2.74. The maximum Gasteiger partial charge on any atom is 0.180 e. The smallest absolute Gasteiger partial charge is 0.180 e. The van der Waals surface area contributed by atoms with Gasteiger partial charge in [-0.15, -0.1) is 0 Å². The molecule has 0 saturated heterocycles. The Morgan fingerprint density at radius 2 is 1.88 bits per heavy atom. The molecule has 0 aliphatic carbocycles. The van der Waals surface area contributed by atoms with Gasteiger partial charge in [0.05, 0.1) is 6.20 Å². The van der Waals surface area contributed by atoms with E-state index >= 15 is 0 Å². The van der Waals surface area contributed by atoms with Crippen LogP contribution in [0.4, 0.5) is 4.39 Å². The average molecular weight is 295 g/mol. The third-order valence-electron chi connectivity index (χ3n) is 2.26. The van der Waals surface area contributed by atoms with Crippen LogP contribution in [-0.4, -0.2) is 16.0 Å². The van der Waals surface area contributed by atoms with E-state index in [4.69, 9.17) is 0 Å². The normalized spacial score (nSPS) is 12.1. The van der Waals surface area contributed by atoms with Gasteiger partial charge in [-0.3, -0.25) is 4.79 Å². The first kappa shape index (κ1) is 11.9. The molecule has 1 aromatic carbocycles. The van der Waals surface area contributed by atoms with E-state index in [1.807, 2.05) is 0 Å². The molecule has 0 fully saturated rings. The fourth-order valence-electron chi connectivity index (χ4n) is 1.36. The maximum absolute atomic E-state index is 12.7. The van der Waals surface area contributed by atoms with Crippen molar-refractivity contribution in [1.82, 2.24) is 10.2 Å². The number of carbonyl (C=O) groups is 1.